The van der Waals surface area contributed by atoms with Crippen molar-refractivity contribution in [3.63, 3.8) is 0 Å². The smallest absolute Gasteiger partial charge is 0.307 e. The molecule has 0 radical (unpaired) electrons. The number of methoxy groups -OCH3 is 1. The molecule has 3 rings (SSSR count). The Kier molecular flexibility index (Phi) is 6.26. The van der Waals surface area contributed by atoms with Crippen LogP contribution >= 0.6 is 22.9 Å². The molecule has 3 aromatic rings. The van der Waals surface area contributed by atoms with Gasteiger partial charge in [0, 0.05) is 10.4 Å². The molecule has 2 aromatic heterocycles. The van der Waals surface area contributed by atoms with Crippen LogP contribution in [-0.4, -0.2) is 24.0 Å². The zero-order valence-corrected chi connectivity index (χ0v) is 16.0. The van der Waals surface area contributed by atoms with Crippen LogP contribution in [0.15, 0.2) is 52.5 Å². The van der Waals surface area contributed by atoms with Crippen LogP contribution in [0.4, 0.5) is 0 Å². The normalized spacial score (nSPS) is 11.8. The first-order valence-corrected chi connectivity index (χ1v) is 9.41. The van der Waals surface area contributed by atoms with Crippen LogP contribution in [0.5, 0.6) is 0 Å². The van der Waals surface area contributed by atoms with Gasteiger partial charge in [0.25, 0.3) is 0 Å². The van der Waals surface area contributed by atoms with Crippen molar-refractivity contribution < 1.29 is 18.7 Å². The quantitative estimate of drug-likeness (QED) is 0.601. The second kappa shape index (κ2) is 8.83. The number of nitrogens with one attached hydrogen (secondary N) is 1. The van der Waals surface area contributed by atoms with E-state index in [1.165, 1.54) is 18.4 Å². The Labute approximate surface area is 165 Å². The van der Waals surface area contributed by atoms with Gasteiger partial charge in [-0.05, 0) is 29.8 Å². The van der Waals surface area contributed by atoms with Crippen molar-refractivity contribution in [3.05, 3.63) is 64.3 Å². The second-order valence-electron chi connectivity index (χ2n) is 5.75. The molecule has 0 spiro atoms. The number of ether oxygens (including phenoxy) is 1. The van der Waals surface area contributed by atoms with Gasteiger partial charge in [-0.2, -0.15) is 0 Å². The summed E-state index contributed by atoms with van der Waals surface area (Å²) in [6.07, 6.45) is 1.70. The number of carbonyl (C=O) groups excluding carboxylic acids is 2. The van der Waals surface area contributed by atoms with Crippen LogP contribution in [0.3, 0.4) is 0 Å². The molecule has 2 heterocycles. The average molecular weight is 405 g/mol. The standard InChI is InChI=1S/C19H17ClN2O4S/c1-25-18(24)10-15(12-4-6-13(20)7-5-12)22-17(23)9-14-11-27-19(21-14)16-3-2-8-26-16/h2-8,11,15H,9-10H2,1H3,(H,22,23). The Hall–Kier alpha value is -2.64. The van der Waals surface area contributed by atoms with Crippen molar-refractivity contribution in [1.82, 2.24) is 10.3 Å². The molecule has 1 atom stereocenters. The highest BCUT2D eigenvalue weighted by Crippen LogP contribution is 2.24. The molecule has 0 saturated carbocycles. The molecule has 1 amide bonds. The Morgan fingerprint density at radius 2 is 2.07 bits per heavy atom. The summed E-state index contributed by atoms with van der Waals surface area (Å²) in [4.78, 5) is 28.6. The zero-order valence-electron chi connectivity index (χ0n) is 14.5. The predicted molar refractivity (Wildman–Crippen MR) is 102 cm³/mol. The number of rotatable bonds is 7. The topological polar surface area (TPSA) is 81.4 Å². The summed E-state index contributed by atoms with van der Waals surface area (Å²) in [6.45, 7) is 0. The molecule has 6 nitrogen and oxygen atoms in total. The van der Waals surface area contributed by atoms with Gasteiger partial charge in [0.15, 0.2) is 10.8 Å². The number of aromatic nitrogens is 1. The van der Waals surface area contributed by atoms with E-state index in [1.54, 1.807) is 36.6 Å². The molecule has 0 bridgehead atoms. The summed E-state index contributed by atoms with van der Waals surface area (Å²) in [5, 5.41) is 5.98. The summed E-state index contributed by atoms with van der Waals surface area (Å²) >= 11 is 7.32. The molecule has 0 aliphatic heterocycles. The summed E-state index contributed by atoms with van der Waals surface area (Å²) in [5.74, 6) is 0.00977. The fourth-order valence-corrected chi connectivity index (χ4v) is 3.42. The van der Waals surface area contributed by atoms with E-state index in [9.17, 15) is 9.59 Å². The molecule has 140 valence electrons. The largest absolute Gasteiger partial charge is 0.469 e. The number of hydrogen-bond acceptors (Lipinski definition) is 6. The van der Waals surface area contributed by atoms with E-state index < -0.39 is 12.0 Å². The Morgan fingerprint density at radius 1 is 1.30 bits per heavy atom. The second-order valence-corrected chi connectivity index (χ2v) is 7.04. The number of carbonyl (C=O) groups is 2. The minimum absolute atomic E-state index is 0.0264. The van der Waals surface area contributed by atoms with Crippen LogP contribution in [0.25, 0.3) is 10.8 Å². The Morgan fingerprint density at radius 3 is 2.74 bits per heavy atom. The number of benzene rings is 1. The Bertz CT molecular complexity index is 906. The third-order valence-electron chi connectivity index (χ3n) is 3.83. The van der Waals surface area contributed by atoms with Gasteiger partial charge in [0.1, 0.15) is 0 Å². The highest BCUT2D eigenvalue weighted by Gasteiger charge is 2.20. The predicted octanol–water partition coefficient (Wildman–Crippen LogP) is 4.02. The van der Waals surface area contributed by atoms with E-state index in [2.05, 4.69) is 10.3 Å². The first-order valence-electron chi connectivity index (χ1n) is 8.15. The average Bonchev–Trinajstić information content (AvgIpc) is 3.33. The lowest BCUT2D eigenvalue weighted by molar-refractivity contribution is -0.141. The highest BCUT2D eigenvalue weighted by molar-refractivity contribution is 7.13. The number of halogens is 1. The van der Waals surface area contributed by atoms with E-state index >= 15 is 0 Å². The molecule has 0 aliphatic rings. The number of hydrogen-bond donors (Lipinski definition) is 1. The number of thiazole rings is 1. The maximum atomic E-state index is 12.5. The minimum atomic E-state index is -0.509. The first-order chi connectivity index (χ1) is 13.0. The molecule has 1 unspecified atom stereocenters. The van der Waals surface area contributed by atoms with Gasteiger partial charge in [0.2, 0.25) is 5.91 Å². The zero-order chi connectivity index (χ0) is 19.2. The lowest BCUT2D eigenvalue weighted by atomic mass is 10.0. The molecule has 1 N–H and O–H groups in total. The molecular weight excluding hydrogens is 388 g/mol. The van der Waals surface area contributed by atoms with Gasteiger partial charge in [-0.15, -0.1) is 11.3 Å². The van der Waals surface area contributed by atoms with E-state index in [0.717, 1.165) is 5.56 Å². The van der Waals surface area contributed by atoms with Crippen molar-refractivity contribution >= 4 is 34.8 Å². The SMILES string of the molecule is COC(=O)CC(NC(=O)Cc1csc(-c2ccco2)n1)c1ccc(Cl)cc1. The van der Waals surface area contributed by atoms with Gasteiger partial charge < -0.3 is 14.5 Å². The first kappa shape index (κ1) is 19.1. The van der Waals surface area contributed by atoms with Crippen molar-refractivity contribution in [3.8, 4) is 10.8 Å². The number of esters is 1. The molecular formula is C19H17ClN2O4S. The van der Waals surface area contributed by atoms with E-state index in [0.29, 0.717) is 21.5 Å². The molecule has 1 aromatic carbocycles. The van der Waals surface area contributed by atoms with Gasteiger partial charge in [-0.25, -0.2) is 4.98 Å². The summed E-state index contributed by atoms with van der Waals surface area (Å²) < 4.78 is 10.0. The van der Waals surface area contributed by atoms with Gasteiger partial charge in [0.05, 0.1) is 38.0 Å². The van der Waals surface area contributed by atoms with E-state index in [1.807, 2.05) is 11.4 Å². The van der Waals surface area contributed by atoms with Gasteiger partial charge in [-0.1, -0.05) is 23.7 Å². The molecule has 8 heteroatoms. The van der Waals surface area contributed by atoms with Crippen molar-refractivity contribution in [2.45, 2.75) is 18.9 Å². The monoisotopic (exact) mass is 404 g/mol. The van der Waals surface area contributed by atoms with Gasteiger partial charge in [-0.3, -0.25) is 9.59 Å². The van der Waals surface area contributed by atoms with Crippen molar-refractivity contribution in [2.24, 2.45) is 0 Å². The fraction of sp³-hybridized carbons (Fsp3) is 0.211. The third-order valence-corrected chi connectivity index (χ3v) is 4.99. The van der Waals surface area contributed by atoms with Crippen molar-refractivity contribution in [1.29, 1.82) is 0 Å². The van der Waals surface area contributed by atoms with Crippen LogP contribution in [0.2, 0.25) is 5.02 Å². The van der Waals surface area contributed by atoms with Gasteiger partial charge >= 0.3 is 5.97 Å². The van der Waals surface area contributed by atoms with E-state index in [-0.39, 0.29) is 18.7 Å². The lowest BCUT2D eigenvalue weighted by Crippen LogP contribution is -2.31. The fourth-order valence-electron chi connectivity index (χ4n) is 2.51. The summed E-state index contributed by atoms with van der Waals surface area (Å²) in [7, 11) is 1.31. The van der Waals surface area contributed by atoms with Crippen LogP contribution in [-0.2, 0) is 20.7 Å². The van der Waals surface area contributed by atoms with Crippen LogP contribution in [0.1, 0.15) is 23.7 Å². The number of amides is 1. The third kappa shape index (κ3) is 5.18. The lowest BCUT2D eigenvalue weighted by Gasteiger charge is -2.18. The molecule has 0 fully saturated rings. The maximum Gasteiger partial charge on any atom is 0.307 e. The molecule has 0 aliphatic carbocycles. The summed E-state index contributed by atoms with van der Waals surface area (Å²) in [5.41, 5.74) is 1.41. The Balaban J connectivity index is 1.68. The van der Waals surface area contributed by atoms with Crippen LogP contribution in [0, 0.1) is 0 Å². The number of furan rings is 1. The maximum absolute atomic E-state index is 12.5. The van der Waals surface area contributed by atoms with Crippen molar-refractivity contribution in [2.75, 3.05) is 7.11 Å². The number of nitrogens with zero attached hydrogens (tertiary/aromatic N) is 1. The van der Waals surface area contributed by atoms with Crippen LogP contribution < -0.4 is 5.32 Å². The molecule has 0 saturated heterocycles. The minimum Gasteiger partial charge on any atom is -0.469 e. The summed E-state index contributed by atoms with van der Waals surface area (Å²) in [6, 6.07) is 10.1. The highest BCUT2D eigenvalue weighted by atomic mass is 35.5. The van der Waals surface area contributed by atoms with E-state index in [4.69, 9.17) is 20.8 Å². The molecule has 27 heavy (non-hydrogen) atoms.